The molecular formula is C12H14N2O2. The fourth-order valence-electron chi connectivity index (χ4n) is 1.65. The standard InChI is InChI=1S/C12H14N2O2/c1-8-4-5-10-11(6-8)14(3)12(13-10)7-16-9(2)15/h4-6H,7H2,1-3H3. The summed E-state index contributed by atoms with van der Waals surface area (Å²) in [4.78, 5) is 15.1. The molecule has 0 saturated heterocycles. The van der Waals surface area contributed by atoms with Crippen LogP contribution >= 0.6 is 0 Å². The lowest BCUT2D eigenvalue weighted by molar-refractivity contribution is -0.142. The van der Waals surface area contributed by atoms with Gasteiger partial charge in [-0.15, -0.1) is 0 Å². The quantitative estimate of drug-likeness (QED) is 0.723. The van der Waals surface area contributed by atoms with E-state index in [-0.39, 0.29) is 12.6 Å². The number of aromatic nitrogens is 2. The Balaban J connectivity index is 2.40. The Bertz CT molecular complexity index is 543. The van der Waals surface area contributed by atoms with E-state index in [2.05, 4.69) is 11.1 Å². The van der Waals surface area contributed by atoms with Gasteiger partial charge in [-0.3, -0.25) is 4.79 Å². The van der Waals surface area contributed by atoms with Gasteiger partial charge in [0.1, 0.15) is 12.4 Å². The summed E-state index contributed by atoms with van der Waals surface area (Å²) in [5, 5.41) is 0. The van der Waals surface area contributed by atoms with Gasteiger partial charge in [0.05, 0.1) is 11.0 Å². The summed E-state index contributed by atoms with van der Waals surface area (Å²) in [7, 11) is 1.92. The van der Waals surface area contributed by atoms with Crippen molar-refractivity contribution in [2.75, 3.05) is 0 Å². The third kappa shape index (κ3) is 1.91. The second-order valence-electron chi connectivity index (χ2n) is 3.86. The summed E-state index contributed by atoms with van der Waals surface area (Å²) < 4.78 is 6.90. The molecule has 0 aliphatic rings. The van der Waals surface area contributed by atoms with Gasteiger partial charge in [-0.05, 0) is 24.6 Å². The normalized spacial score (nSPS) is 10.7. The minimum atomic E-state index is -0.289. The van der Waals surface area contributed by atoms with Gasteiger partial charge < -0.3 is 9.30 Å². The van der Waals surface area contributed by atoms with E-state index in [0.29, 0.717) is 0 Å². The minimum absolute atomic E-state index is 0.222. The lowest BCUT2D eigenvalue weighted by atomic mass is 10.2. The van der Waals surface area contributed by atoms with Crippen molar-refractivity contribution in [2.45, 2.75) is 20.5 Å². The molecule has 1 heterocycles. The van der Waals surface area contributed by atoms with Crippen LogP contribution in [0.4, 0.5) is 0 Å². The molecule has 1 aromatic carbocycles. The first kappa shape index (κ1) is 10.7. The average molecular weight is 218 g/mol. The van der Waals surface area contributed by atoms with E-state index < -0.39 is 0 Å². The first-order valence-corrected chi connectivity index (χ1v) is 5.13. The van der Waals surface area contributed by atoms with Gasteiger partial charge in [-0.1, -0.05) is 6.07 Å². The van der Waals surface area contributed by atoms with Gasteiger partial charge in [0, 0.05) is 14.0 Å². The van der Waals surface area contributed by atoms with Gasteiger partial charge in [0.25, 0.3) is 0 Å². The largest absolute Gasteiger partial charge is 0.458 e. The van der Waals surface area contributed by atoms with Crippen molar-refractivity contribution in [1.29, 1.82) is 0 Å². The average Bonchev–Trinajstić information content (AvgIpc) is 2.53. The molecule has 0 atom stereocenters. The van der Waals surface area contributed by atoms with Gasteiger partial charge in [0.2, 0.25) is 0 Å². The number of hydrogen-bond donors (Lipinski definition) is 0. The Hall–Kier alpha value is -1.84. The lowest BCUT2D eigenvalue weighted by Crippen LogP contribution is -2.04. The van der Waals surface area contributed by atoms with E-state index >= 15 is 0 Å². The molecular weight excluding hydrogens is 204 g/mol. The number of rotatable bonds is 2. The summed E-state index contributed by atoms with van der Waals surface area (Å²) in [6.45, 7) is 3.66. The molecule has 0 aliphatic heterocycles. The van der Waals surface area contributed by atoms with Gasteiger partial charge in [-0.2, -0.15) is 0 Å². The fourth-order valence-corrected chi connectivity index (χ4v) is 1.65. The maximum absolute atomic E-state index is 10.7. The fraction of sp³-hybridized carbons (Fsp3) is 0.333. The van der Waals surface area contributed by atoms with Crippen molar-refractivity contribution in [3.8, 4) is 0 Å². The highest BCUT2D eigenvalue weighted by molar-refractivity contribution is 5.76. The zero-order valence-electron chi connectivity index (χ0n) is 9.65. The van der Waals surface area contributed by atoms with E-state index in [9.17, 15) is 4.79 Å². The molecule has 4 nitrogen and oxygen atoms in total. The first-order chi connectivity index (χ1) is 7.58. The zero-order valence-corrected chi connectivity index (χ0v) is 9.65. The van der Waals surface area contributed by atoms with E-state index in [4.69, 9.17) is 4.74 Å². The number of carbonyl (C=O) groups is 1. The monoisotopic (exact) mass is 218 g/mol. The maximum atomic E-state index is 10.7. The van der Waals surface area contributed by atoms with Crippen molar-refractivity contribution in [3.05, 3.63) is 29.6 Å². The number of esters is 1. The Kier molecular flexibility index (Phi) is 2.64. The summed E-state index contributed by atoms with van der Waals surface area (Å²) in [6.07, 6.45) is 0. The highest BCUT2D eigenvalue weighted by atomic mass is 16.5. The van der Waals surface area contributed by atoms with Crippen LogP contribution in [0.2, 0.25) is 0 Å². The van der Waals surface area contributed by atoms with Gasteiger partial charge >= 0.3 is 5.97 Å². The molecule has 4 heteroatoms. The highest BCUT2D eigenvalue weighted by Gasteiger charge is 2.08. The van der Waals surface area contributed by atoms with Crippen molar-refractivity contribution in [1.82, 2.24) is 9.55 Å². The van der Waals surface area contributed by atoms with Crippen LogP contribution < -0.4 is 0 Å². The van der Waals surface area contributed by atoms with Crippen LogP contribution in [-0.4, -0.2) is 15.5 Å². The molecule has 0 N–H and O–H groups in total. The van der Waals surface area contributed by atoms with Gasteiger partial charge in [-0.25, -0.2) is 4.98 Å². The van der Waals surface area contributed by atoms with Crippen LogP contribution in [0.15, 0.2) is 18.2 Å². The Morgan fingerprint density at radius 2 is 2.25 bits per heavy atom. The number of benzene rings is 1. The number of carbonyl (C=O) groups excluding carboxylic acids is 1. The molecule has 0 aliphatic carbocycles. The van der Waals surface area contributed by atoms with Crippen LogP contribution in [-0.2, 0) is 23.2 Å². The smallest absolute Gasteiger partial charge is 0.303 e. The summed E-state index contributed by atoms with van der Waals surface area (Å²) in [6, 6.07) is 6.06. The molecule has 0 radical (unpaired) electrons. The summed E-state index contributed by atoms with van der Waals surface area (Å²) in [5.41, 5.74) is 3.17. The molecule has 0 bridgehead atoms. The van der Waals surface area contributed by atoms with E-state index in [1.165, 1.54) is 12.5 Å². The third-order valence-corrected chi connectivity index (χ3v) is 2.53. The van der Waals surface area contributed by atoms with Crippen LogP contribution in [0.3, 0.4) is 0 Å². The first-order valence-electron chi connectivity index (χ1n) is 5.13. The van der Waals surface area contributed by atoms with Crippen molar-refractivity contribution in [2.24, 2.45) is 7.05 Å². The number of fused-ring (bicyclic) bond motifs is 1. The molecule has 0 spiro atoms. The third-order valence-electron chi connectivity index (χ3n) is 2.53. The molecule has 0 fully saturated rings. The molecule has 0 unspecified atom stereocenters. The number of hydrogen-bond acceptors (Lipinski definition) is 3. The van der Waals surface area contributed by atoms with E-state index in [1.807, 2.05) is 30.7 Å². The number of aryl methyl sites for hydroxylation is 2. The maximum Gasteiger partial charge on any atom is 0.303 e. The molecule has 84 valence electrons. The van der Waals surface area contributed by atoms with Crippen LogP contribution in [0.25, 0.3) is 11.0 Å². The van der Waals surface area contributed by atoms with Crippen LogP contribution in [0.1, 0.15) is 18.3 Å². The lowest BCUT2D eigenvalue weighted by Gasteiger charge is -2.02. The van der Waals surface area contributed by atoms with Crippen LogP contribution in [0, 0.1) is 6.92 Å². The Morgan fingerprint density at radius 1 is 1.50 bits per heavy atom. The van der Waals surface area contributed by atoms with Crippen molar-refractivity contribution < 1.29 is 9.53 Å². The number of imidazole rings is 1. The minimum Gasteiger partial charge on any atom is -0.458 e. The second kappa shape index (κ2) is 3.96. The number of ether oxygens (including phenoxy) is 1. The second-order valence-corrected chi connectivity index (χ2v) is 3.86. The molecule has 16 heavy (non-hydrogen) atoms. The van der Waals surface area contributed by atoms with Crippen molar-refractivity contribution in [3.63, 3.8) is 0 Å². The Morgan fingerprint density at radius 3 is 2.94 bits per heavy atom. The predicted molar refractivity (Wildman–Crippen MR) is 60.9 cm³/mol. The summed E-state index contributed by atoms with van der Waals surface area (Å²) >= 11 is 0. The SMILES string of the molecule is CC(=O)OCc1nc2ccc(C)cc2n1C. The van der Waals surface area contributed by atoms with Gasteiger partial charge in [0.15, 0.2) is 0 Å². The van der Waals surface area contributed by atoms with Crippen molar-refractivity contribution >= 4 is 17.0 Å². The highest BCUT2D eigenvalue weighted by Crippen LogP contribution is 2.16. The van der Waals surface area contributed by atoms with E-state index in [1.54, 1.807) is 0 Å². The Labute approximate surface area is 93.9 Å². The van der Waals surface area contributed by atoms with E-state index in [0.717, 1.165) is 16.9 Å². The predicted octanol–water partition coefficient (Wildman–Crippen LogP) is 1.94. The number of nitrogens with zero attached hydrogens (tertiary/aromatic N) is 2. The zero-order chi connectivity index (χ0) is 11.7. The van der Waals surface area contributed by atoms with Crippen LogP contribution in [0.5, 0.6) is 0 Å². The molecule has 2 aromatic rings. The molecule has 1 aromatic heterocycles. The summed E-state index contributed by atoms with van der Waals surface area (Å²) in [5.74, 6) is 0.471. The molecule has 0 amide bonds. The molecule has 0 saturated carbocycles. The molecule has 2 rings (SSSR count). The topological polar surface area (TPSA) is 44.1 Å².